The summed E-state index contributed by atoms with van der Waals surface area (Å²) in [6, 6.07) is 9.10. The van der Waals surface area contributed by atoms with Crippen molar-refractivity contribution in [2.45, 2.75) is 6.04 Å². The molecule has 1 unspecified atom stereocenters. The van der Waals surface area contributed by atoms with E-state index in [1.807, 2.05) is 25.2 Å². The Kier molecular flexibility index (Phi) is 5.01. The van der Waals surface area contributed by atoms with Gasteiger partial charge in [-0.25, -0.2) is 4.79 Å². The van der Waals surface area contributed by atoms with Gasteiger partial charge < -0.3 is 14.5 Å². The Labute approximate surface area is 133 Å². The van der Waals surface area contributed by atoms with E-state index in [-0.39, 0.29) is 11.8 Å². The Bertz CT molecular complexity index is 625. The maximum Gasteiger partial charge on any atom is 0.373 e. The molecule has 2 rings (SSSR count). The number of esters is 1. The topological polar surface area (TPSA) is 51.5 Å². The molecule has 106 valence electrons. The summed E-state index contributed by atoms with van der Waals surface area (Å²) >= 11 is 6.98. The van der Waals surface area contributed by atoms with Crippen LogP contribution in [0.1, 0.15) is 27.9 Å². The van der Waals surface area contributed by atoms with Crippen molar-refractivity contribution in [2.75, 3.05) is 14.2 Å². The zero-order valence-electron chi connectivity index (χ0n) is 10.9. The highest BCUT2D eigenvalue weighted by molar-refractivity contribution is 9.11. The van der Waals surface area contributed by atoms with Crippen molar-refractivity contribution in [3.05, 3.63) is 56.4 Å². The quantitative estimate of drug-likeness (QED) is 0.788. The summed E-state index contributed by atoms with van der Waals surface area (Å²) in [7, 11) is 3.16. The van der Waals surface area contributed by atoms with Gasteiger partial charge in [-0.3, -0.25) is 0 Å². The van der Waals surface area contributed by atoms with E-state index in [2.05, 4.69) is 41.9 Å². The fraction of sp³-hybridized carbons (Fsp3) is 0.214. The Hall–Kier alpha value is -1.11. The molecule has 0 saturated heterocycles. The van der Waals surface area contributed by atoms with Crippen LogP contribution in [-0.2, 0) is 4.74 Å². The van der Waals surface area contributed by atoms with E-state index in [0.29, 0.717) is 5.76 Å². The Balaban J connectivity index is 2.39. The molecular weight excluding hydrogens is 390 g/mol. The smallest absolute Gasteiger partial charge is 0.373 e. The molecule has 1 aromatic heterocycles. The molecule has 0 aliphatic carbocycles. The highest BCUT2D eigenvalue weighted by Gasteiger charge is 2.21. The molecule has 1 heterocycles. The molecule has 0 bridgehead atoms. The summed E-state index contributed by atoms with van der Waals surface area (Å²) in [5, 5.41) is 3.18. The second kappa shape index (κ2) is 6.56. The number of benzene rings is 1. The van der Waals surface area contributed by atoms with Crippen molar-refractivity contribution >= 4 is 37.8 Å². The summed E-state index contributed by atoms with van der Waals surface area (Å²) in [6.07, 6.45) is 0. The molecule has 4 nitrogen and oxygen atoms in total. The minimum absolute atomic E-state index is 0.166. The van der Waals surface area contributed by atoms with E-state index in [1.165, 1.54) is 7.11 Å². The van der Waals surface area contributed by atoms with Gasteiger partial charge in [0.25, 0.3) is 0 Å². The molecule has 0 saturated carbocycles. The lowest BCUT2D eigenvalue weighted by atomic mass is 10.1. The average Bonchev–Trinajstić information content (AvgIpc) is 2.92. The third kappa shape index (κ3) is 3.13. The van der Waals surface area contributed by atoms with Crippen molar-refractivity contribution in [1.82, 2.24) is 5.32 Å². The van der Waals surface area contributed by atoms with Crippen LogP contribution in [0.4, 0.5) is 0 Å². The Morgan fingerprint density at radius 3 is 2.70 bits per heavy atom. The van der Waals surface area contributed by atoms with E-state index < -0.39 is 5.97 Å². The van der Waals surface area contributed by atoms with Gasteiger partial charge in [0.1, 0.15) is 5.76 Å². The number of hydrogen-bond donors (Lipinski definition) is 1. The third-order valence-electron chi connectivity index (χ3n) is 2.86. The normalized spacial score (nSPS) is 12.2. The lowest BCUT2D eigenvalue weighted by molar-refractivity contribution is 0.0562. The van der Waals surface area contributed by atoms with E-state index in [0.717, 1.165) is 14.5 Å². The summed E-state index contributed by atoms with van der Waals surface area (Å²) in [5.41, 5.74) is 1.01. The van der Waals surface area contributed by atoms with Gasteiger partial charge in [0.15, 0.2) is 0 Å². The molecule has 0 radical (unpaired) electrons. The van der Waals surface area contributed by atoms with Gasteiger partial charge in [-0.2, -0.15) is 0 Å². The predicted molar refractivity (Wildman–Crippen MR) is 82.8 cm³/mol. The molecule has 1 atom stereocenters. The average molecular weight is 403 g/mol. The van der Waals surface area contributed by atoms with Crippen LogP contribution in [0.3, 0.4) is 0 Å². The first kappa shape index (κ1) is 15.3. The van der Waals surface area contributed by atoms with Crippen LogP contribution >= 0.6 is 31.9 Å². The van der Waals surface area contributed by atoms with E-state index in [9.17, 15) is 4.79 Å². The molecule has 1 aromatic carbocycles. The number of rotatable bonds is 4. The van der Waals surface area contributed by atoms with Crippen LogP contribution in [0.15, 0.2) is 43.7 Å². The standard InChI is InChI=1S/C14H13Br2NO3/c1-17-13(9-7-8(15)3-4-10(9)16)11-5-6-12(20-11)14(18)19-2/h3-7,13,17H,1-2H3. The molecule has 0 aliphatic heterocycles. The number of carbonyl (C=O) groups is 1. The lowest BCUT2D eigenvalue weighted by Gasteiger charge is -2.16. The number of furan rings is 1. The second-order valence-corrected chi connectivity index (χ2v) is 5.85. The van der Waals surface area contributed by atoms with Crippen LogP contribution in [-0.4, -0.2) is 20.1 Å². The summed E-state index contributed by atoms with van der Waals surface area (Å²) < 4.78 is 12.1. The van der Waals surface area contributed by atoms with E-state index in [1.54, 1.807) is 12.1 Å². The highest BCUT2D eigenvalue weighted by Crippen LogP contribution is 2.31. The third-order valence-corrected chi connectivity index (χ3v) is 4.07. The Morgan fingerprint density at radius 1 is 1.30 bits per heavy atom. The SMILES string of the molecule is CNC(c1ccc(C(=O)OC)o1)c1cc(Br)ccc1Br. The van der Waals surface area contributed by atoms with E-state index >= 15 is 0 Å². The number of halogens is 2. The van der Waals surface area contributed by atoms with Gasteiger partial charge in [0.2, 0.25) is 5.76 Å². The van der Waals surface area contributed by atoms with Crippen molar-refractivity contribution in [2.24, 2.45) is 0 Å². The number of methoxy groups -OCH3 is 1. The fourth-order valence-corrected chi connectivity index (χ4v) is 2.76. The number of ether oxygens (including phenoxy) is 1. The van der Waals surface area contributed by atoms with Crippen LogP contribution in [0.5, 0.6) is 0 Å². The van der Waals surface area contributed by atoms with Gasteiger partial charge in [-0.1, -0.05) is 31.9 Å². The highest BCUT2D eigenvalue weighted by atomic mass is 79.9. The van der Waals surface area contributed by atoms with Crippen molar-refractivity contribution in [3.8, 4) is 0 Å². The number of hydrogen-bond acceptors (Lipinski definition) is 4. The maximum absolute atomic E-state index is 11.4. The molecule has 0 fully saturated rings. The number of nitrogens with one attached hydrogen (secondary N) is 1. The lowest BCUT2D eigenvalue weighted by Crippen LogP contribution is -2.17. The van der Waals surface area contributed by atoms with Crippen molar-refractivity contribution < 1.29 is 13.9 Å². The molecule has 0 amide bonds. The van der Waals surface area contributed by atoms with Gasteiger partial charge in [0, 0.05) is 8.95 Å². The predicted octanol–water partition coefficient (Wildman–Crippen LogP) is 3.90. The van der Waals surface area contributed by atoms with Crippen LogP contribution in [0.25, 0.3) is 0 Å². The van der Waals surface area contributed by atoms with Gasteiger partial charge in [-0.15, -0.1) is 0 Å². The first-order valence-corrected chi connectivity index (χ1v) is 7.45. The molecule has 0 aliphatic rings. The molecule has 6 heteroatoms. The monoisotopic (exact) mass is 401 g/mol. The molecule has 0 spiro atoms. The zero-order valence-corrected chi connectivity index (χ0v) is 14.1. The van der Waals surface area contributed by atoms with Crippen LogP contribution in [0, 0.1) is 0 Å². The van der Waals surface area contributed by atoms with Crippen molar-refractivity contribution in [1.29, 1.82) is 0 Å². The maximum atomic E-state index is 11.4. The second-order valence-electron chi connectivity index (χ2n) is 4.08. The largest absolute Gasteiger partial charge is 0.463 e. The first-order valence-electron chi connectivity index (χ1n) is 5.87. The minimum atomic E-state index is -0.487. The molecule has 2 aromatic rings. The zero-order chi connectivity index (χ0) is 14.7. The van der Waals surface area contributed by atoms with Gasteiger partial charge in [-0.05, 0) is 42.9 Å². The van der Waals surface area contributed by atoms with Crippen molar-refractivity contribution in [3.63, 3.8) is 0 Å². The van der Waals surface area contributed by atoms with Gasteiger partial charge >= 0.3 is 5.97 Å². The summed E-state index contributed by atoms with van der Waals surface area (Å²) in [6.45, 7) is 0. The minimum Gasteiger partial charge on any atom is -0.463 e. The molecule has 20 heavy (non-hydrogen) atoms. The van der Waals surface area contributed by atoms with Gasteiger partial charge in [0.05, 0.1) is 13.2 Å². The number of carbonyl (C=O) groups excluding carboxylic acids is 1. The Morgan fingerprint density at radius 2 is 2.05 bits per heavy atom. The van der Waals surface area contributed by atoms with Crippen LogP contribution in [0.2, 0.25) is 0 Å². The molecular formula is C14H13Br2NO3. The summed E-state index contributed by atoms with van der Waals surface area (Å²) in [5.74, 6) is 0.347. The summed E-state index contributed by atoms with van der Waals surface area (Å²) in [4.78, 5) is 11.4. The fourth-order valence-electron chi connectivity index (χ4n) is 1.91. The first-order chi connectivity index (χ1) is 9.56. The molecule has 1 N–H and O–H groups in total. The van der Waals surface area contributed by atoms with Crippen LogP contribution < -0.4 is 5.32 Å². The van der Waals surface area contributed by atoms with E-state index in [4.69, 9.17) is 4.42 Å².